The molecule has 2 rings (SSSR count). The van der Waals surface area contributed by atoms with Crippen LogP contribution in [0.3, 0.4) is 0 Å². The first-order valence-corrected chi connectivity index (χ1v) is 4.91. The largest absolute Gasteiger partial charge is 0.197 e. The third-order valence-corrected chi connectivity index (χ3v) is 2.39. The lowest BCUT2D eigenvalue weighted by molar-refractivity contribution is 1.04. The van der Waals surface area contributed by atoms with Crippen molar-refractivity contribution in [1.82, 2.24) is 0 Å². The molecule has 0 aliphatic carbocycles. The van der Waals surface area contributed by atoms with Crippen molar-refractivity contribution in [2.75, 3.05) is 0 Å². The normalized spacial score (nSPS) is 9.25. The molecule has 0 atom stereocenters. The fourth-order valence-corrected chi connectivity index (χ4v) is 1.63. The summed E-state index contributed by atoms with van der Waals surface area (Å²) in [6, 6.07) is 22.0. The van der Waals surface area contributed by atoms with Gasteiger partial charge in [-0.05, 0) is 11.1 Å². The zero-order chi connectivity index (χ0) is 10.5. The second kappa shape index (κ2) is 6.09. The molecule has 2 aromatic rings. The van der Waals surface area contributed by atoms with Crippen LogP contribution in [0.4, 0.5) is 0 Å². The van der Waals surface area contributed by atoms with Crippen LogP contribution in [-0.4, -0.2) is 0 Å². The first-order chi connectivity index (χ1) is 7.42. The number of nitrogens with zero attached hydrogens (tertiary/aromatic N) is 1. The van der Waals surface area contributed by atoms with Gasteiger partial charge in [-0.25, -0.2) is 0 Å². The molecule has 0 aliphatic heterocycles. The average Bonchev–Trinajstić information content (AvgIpc) is 2.33. The van der Waals surface area contributed by atoms with E-state index in [1.54, 1.807) is 0 Å². The van der Waals surface area contributed by atoms with Crippen LogP contribution in [0.5, 0.6) is 0 Å². The van der Waals surface area contributed by atoms with E-state index in [0.717, 1.165) is 11.1 Å². The fraction of sp³-hybridized carbons (Fsp3) is 0.0714. The van der Waals surface area contributed by atoms with Crippen LogP contribution in [-0.2, 0) is 0 Å². The molecule has 0 amide bonds. The zero-order valence-electron chi connectivity index (χ0n) is 8.71. The topological polar surface area (TPSA) is 23.8 Å². The van der Waals surface area contributed by atoms with Crippen molar-refractivity contribution in [2.45, 2.75) is 5.92 Å². The second-order valence-corrected chi connectivity index (χ2v) is 3.38. The third-order valence-electron chi connectivity index (χ3n) is 2.39. The molecule has 0 saturated carbocycles. The Kier molecular flexibility index (Phi) is 4.75. The number of benzene rings is 2. The van der Waals surface area contributed by atoms with Gasteiger partial charge in [0.25, 0.3) is 0 Å². The molecule has 0 saturated heterocycles. The van der Waals surface area contributed by atoms with Gasteiger partial charge in [0, 0.05) is 0 Å². The molecule has 1 nitrogen and oxygen atoms in total. The van der Waals surface area contributed by atoms with E-state index in [1.165, 1.54) is 0 Å². The van der Waals surface area contributed by atoms with Gasteiger partial charge in [-0.3, -0.25) is 0 Å². The molecule has 2 heteroatoms. The second-order valence-electron chi connectivity index (χ2n) is 3.38. The van der Waals surface area contributed by atoms with Crippen LogP contribution >= 0.6 is 17.0 Å². The molecule has 0 unspecified atom stereocenters. The van der Waals surface area contributed by atoms with Gasteiger partial charge < -0.3 is 0 Å². The highest BCUT2D eigenvalue weighted by Crippen LogP contribution is 2.22. The molecule has 0 radical (unpaired) electrons. The molecule has 0 heterocycles. The van der Waals surface area contributed by atoms with E-state index in [2.05, 4.69) is 6.07 Å². The molecule has 0 aliphatic rings. The molecule has 0 aromatic heterocycles. The molecule has 16 heavy (non-hydrogen) atoms. The van der Waals surface area contributed by atoms with E-state index in [4.69, 9.17) is 0 Å². The molecular weight excluding hydrogens is 262 g/mol. The van der Waals surface area contributed by atoms with Crippen LogP contribution in [0.2, 0.25) is 0 Å². The van der Waals surface area contributed by atoms with Gasteiger partial charge in [0.15, 0.2) is 0 Å². The average molecular weight is 274 g/mol. The van der Waals surface area contributed by atoms with E-state index in [9.17, 15) is 5.26 Å². The van der Waals surface area contributed by atoms with Crippen molar-refractivity contribution in [2.24, 2.45) is 0 Å². The molecule has 0 bridgehead atoms. The minimum absolute atomic E-state index is 0. The molecular formula is C14H12BrN. The van der Waals surface area contributed by atoms with Crippen molar-refractivity contribution in [3.63, 3.8) is 0 Å². The Hall–Kier alpha value is -1.59. The minimum atomic E-state index is -0.160. The quantitative estimate of drug-likeness (QED) is 0.814. The lowest BCUT2D eigenvalue weighted by Crippen LogP contribution is -1.96. The lowest BCUT2D eigenvalue weighted by atomic mass is 9.93. The Balaban J connectivity index is 0.00000128. The van der Waals surface area contributed by atoms with E-state index >= 15 is 0 Å². The Labute approximate surface area is 106 Å². The van der Waals surface area contributed by atoms with E-state index in [0.29, 0.717) is 0 Å². The molecule has 0 fully saturated rings. The number of nitriles is 1. The van der Waals surface area contributed by atoms with Crippen molar-refractivity contribution >= 4 is 17.0 Å². The summed E-state index contributed by atoms with van der Waals surface area (Å²) in [5.41, 5.74) is 2.09. The third kappa shape index (κ3) is 2.71. The number of halogens is 1. The first-order valence-electron chi connectivity index (χ1n) is 4.91. The summed E-state index contributed by atoms with van der Waals surface area (Å²) in [7, 11) is 0. The molecule has 80 valence electrons. The van der Waals surface area contributed by atoms with Crippen LogP contribution < -0.4 is 0 Å². The van der Waals surface area contributed by atoms with Crippen molar-refractivity contribution in [3.8, 4) is 6.07 Å². The Morgan fingerprint density at radius 1 is 0.750 bits per heavy atom. The maximum atomic E-state index is 9.18. The summed E-state index contributed by atoms with van der Waals surface area (Å²) in [6.45, 7) is 0. The first kappa shape index (κ1) is 12.5. The van der Waals surface area contributed by atoms with Crippen LogP contribution in [0.1, 0.15) is 17.0 Å². The monoisotopic (exact) mass is 273 g/mol. The summed E-state index contributed by atoms with van der Waals surface area (Å²) in [5, 5.41) is 9.18. The predicted molar refractivity (Wildman–Crippen MR) is 70.7 cm³/mol. The zero-order valence-corrected chi connectivity index (χ0v) is 10.4. The summed E-state index contributed by atoms with van der Waals surface area (Å²) < 4.78 is 0. The molecule has 2 aromatic carbocycles. The fourth-order valence-electron chi connectivity index (χ4n) is 1.63. The van der Waals surface area contributed by atoms with Crippen LogP contribution in [0.15, 0.2) is 60.7 Å². The summed E-state index contributed by atoms with van der Waals surface area (Å²) in [5.74, 6) is -0.160. The van der Waals surface area contributed by atoms with Gasteiger partial charge in [0.1, 0.15) is 0 Å². The van der Waals surface area contributed by atoms with Gasteiger partial charge in [-0.15, -0.1) is 17.0 Å². The van der Waals surface area contributed by atoms with Crippen molar-refractivity contribution in [1.29, 1.82) is 5.26 Å². The van der Waals surface area contributed by atoms with E-state index in [1.807, 2.05) is 60.7 Å². The van der Waals surface area contributed by atoms with Gasteiger partial charge in [-0.1, -0.05) is 60.7 Å². The van der Waals surface area contributed by atoms with Gasteiger partial charge in [0.05, 0.1) is 12.0 Å². The van der Waals surface area contributed by atoms with Gasteiger partial charge in [-0.2, -0.15) is 5.26 Å². The number of hydrogen-bond donors (Lipinski definition) is 0. The highest BCUT2D eigenvalue weighted by atomic mass is 79.9. The maximum absolute atomic E-state index is 9.18. The predicted octanol–water partition coefficient (Wildman–Crippen LogP) is 3.92. The Bertz CT molecular complexity index is 420. The van der Waals surface area contributed by atoms with Crippen LogP contribution in [0.25, 0.3) is 0 Å². The SMILES string of the molecule is Br.N#CC(c1ccccc1)c1ccccc1. The molecule has 0 N–H and O–H groups in total. The number of rotatable bonds is 2. The molecule has 0 spiro atoms. The number of hydrogen-bond acceptors (Lipinski definition) is 1. The highest BCUT2D eigenvalue weighted by Gasteiger charge is 2.11. The van der Waals surface area contributed by atoms with Crippen molar-refractivity contribution < 1.29 is 0 Å². The summed E-state index contributed by atoms with van der Waals surface area (Å²) in [4.78, 5) is 0. The van der Waals surface area contributed by atoms with E-state index in [-0.39, 0.29) is 22.9 Å². The Morgan fingerprint density at radius 3 is 1.44 bits per heavy atom. The minimum Gasteiger partial charge on any atom is -0.197 e. The van der Waals surface area contributed by atoms with Gasteiger partial charge >= 0.3 is 0 Å². The lowest BCUT2D eigenvalue weighted by Gasteiger charge is -2.08. The van der Waals surface area contributed by atoms with Gasteiger partial charge in [0.2, 0.25) is 0 Å². The maximum Gasteiger partial charge on any atom is 0.0962 e. The van der Waals surface area contributed by atoms with Crippen LogP contribution in [0, 0.1) is 11.3 Å². The summed E-state index contributed by atoms with van der Waals surface area (Å²) in [6.07, 6.45) is 0. The summed E-state index contributed by atoms with van der Waals surface area (Å²) >= 11 is 0. The Morgan fingerprint density at radius 2 is 1.12 bits per heavy atom. The van der Waals surface area contributed by atoms with Crippen molar-refractivity contribution in [3.05, 3.63) is 71.8 Å². The standard InChI is InChI=1S/C14H11N.BrH/c15-11-14(12-7-3-1-4-8-12)13-9-5-2-6-10-13;/h1-10,14H;1H. The van der Waals surface area contributed by atoms with E-state index < -0.39 is 0 Å². The highest BCUT2D eigenvalue weighted by molar-refractivity contribution is 8.93. The smallest absolute Gasteiger partial charge is 0.0962 e.